The Morgan fingerprint density at radius 1 is 1.50 bits per heavy atom. The molecule has 1 aliphatic heterocycles. The van der Waals surface area contributed by atoms with Crippen LogP contribution in [0.15, 0.2) is 12.2 Å². The molecule has 1 rings (SSSR count). The van der Waals surface area contributed by atoms with Gasteiger partial charge in [-0.3, -0.25) is 9.59 Å². The maximum Gasteiger partial charge on any atom is 0.328 e. The lowest BCUT2D eigenvalue weighted by atomic mass is 10.2. The summed E-state index contributed by atoms with van der Waals surface area (Å²) >= 11 is 1.18. The molecule has 0 aliphatic carbocycles. The zero-order valence-corrected chi connectivity index (χ0v) is 8.04. The van der Waals surface area contributed by atoms with Crippen molar-refractivity contribution in [3.63, 3.8) is 0 Å². The Bertz CT molecular complexity index is 300. The smallest absolute Gasteiger partial charge is 0.328 e. The monoisotopic (exact) mass is 215 g/mol. The molecular formula is C8H9NO4S. The molecule has 1 heterocycles. The topological polar surface area (TPSA) is 83.5 Å². The summed E-state index contributed by atoms with van der Waals surface area (Å²) in [5, 5.41) is 10.6. The summed E-state index contributed by atoms with van der Waals surface area (Å²) in [5.41, 5.74) is 0. The van der Waals surface area contributed by atoms with Crippen molar-refractivity contribution in [2.24, 2.45) is 0 Å². The van der Waals surface area contributed by atoms with Crippen LogP contribution in [-0.2, 0) is 14.4 Å². The van der Waals surface area contributed by atoms with Gasteiger partial charge in [-0.1, -0.05) is 11.8 Å². The minimum atomic E-state index is -1.19. The number of nitrogens with one attached hydrogen (secondary N) is 1. The van der Waals surface area contributed by atoms with Crippen molar-refractivity contribution < 1.29 is 19.5 Å². The predicted octanol–water partition coefficient (Wildman–Crippen LogP) is -0.224. The van der Waals surface area contributed by atoms with E-state index in [2.05, 4.69) is 5.32 Å². The maximum atomic E-state index is 11.1. The van der Waals surface area contributed by atoms with Crippen LogP contribution in [0.1, 0.15) is 6.42 Å². The van der Waals surface area contributed by atoms with Crippen LogP contribution in [0.5, 0.6) is 0 Å². The minimum Gasteiger partial charge on any atom is -0.478 e. The fourth-order valence-electron chi connectivity index (χ4n) is 0.994. The molecule has 1 atom stereocenters. The van der Waals surface area contributed by atoms with Crippen molar-refractivity contribution in [3.05, 3.63) is 12.2 Å². The Kier molecular flexibility index (Phi) is 3.70. The number of amides is 1. The van der Waals surface area contributed by atoms with Gasteiger partial charge in [0.15, 0.2) is 0 Å². The van der Waals surface area contributed by atoms with Gasteiger partial charge in [0.2, 0.25) is 11.0 Å². The Labute approximate surface area is 84.6 Å². The number of rotatable bonds is 3. The van der Waals surface area contributed by atoms with Crippen molar-refractivity contribution in [2.45, 2.75) is 12.5 Å². The van der Waals surface area contributed by atoms with E-state index in [-0.39, 0.29) is 5.12 Å². The second-order valence-electron chi connectivity index (χ2n) is 2.69. The highest BCUT2D eigenvalue weighted by Crippen LogP contribution is 2.19. The third-order valence-electron chi connectivity index (χ3n) is 1.63. The van der Waals surface area contributed by atoms with E-state index in [1.807, 2.05) is 0 Å². The summed E-state index contributed by atoms with van der Waals surface area (Å²) in [7, 11) is 0. The van der Waals surface area contributed by atoms with E-state index in [9.17, 15) is 14.4 Å². The van der Waals surface area contributed by atoms with E-state index in [1.165, 1.54) is 11.8 Å². The number of carboxylic acid groups (broad SMARTS) is 1. The third kappa shape index (κ3) is 3.21. The van der Waals surface area contributed by atoms with E-state index in [0.29, 0.717) is 12.2 Å². The molecule has 14 heavy (non-hydrogen) atoms. The summed E-state index contributed by atoms with van der Waals surface area (Å²) in [4.78, 5) is 32.1. The standard InChI is InChI=1S/C8H9NO4S/c10-6(1-2-7(11)12)9-5-3-4-14-8(5)13/h1-2,5H,3-4H2,(H,9,10)(H,11,12)/b2-1-. The molecule has 0 spiro atoms. The molecule has 0 aromatic carbocycles. The summed E-state index contributed by atoms with van der Waals surface area (Å²) < 4.78 is 0. The molecule has 1 saturated heterocycles. The molecule has 0 aromatic heterocycles. The van der Waals surface area contributed by atoms with Crippen LogP contribution < -0.4 is 5.32 Å². The van der Waals surface area contributed by atoms with Gasteiger partial charge in [-0.2, -0.15) is 0 Å². The van der Waals surface area contributed by atoms with Crippen LogP contribution in [0.3, 0.4) is 0 Å². The number of hydrogen-bond acceptors (Lipinski definition) is 4. The van der Waals surface area contributed by atoms with Gasteiger partial charge in [-0.05, 0) is 6.42 Å². The van der Waals surface area contributed by atoms with Crippen LogP contribution in [0.2, 0.25) is 0 Å². The molecule has 0 aromatic rings. The van der Waals surface area contributed by atoms with E-state index >= 15 is 0 Å². The molecule has 0 bridgehead atoms. The first-order valence-corrected chi connectivity index (χ1v) is 4.96. The van der Waals surface area contributed by atoms with Gasteiger partial charge in [-0.15, -0.1) is 0 Å². The zero-order valence-electron chi connectivity index (χ0n) is 7.23. The molecule has 1 aliphatic rings. The Morgan fingerprint density at radius 2 is 2.21 bits per heavy atom. The Balaban J connectivity index is 2.40. The van der Waals surface area contributed by atoms with Gasteiger partial charge < -0.3 is 10.4 Å². The maximum absolute atomic E-state index is 11.1. The highest BCUT2D eigenvalue weighted by atomic mass is 32.2. The van der Waals surface area contributed by atoms with Crippen LogP contribution in [0.25, 0.3) is 0 Å². The highest BCUT2D eigenvalue weighted by Gasteiger charge is 2.25. The quantitative estimate of drug-likeness (QED) is 0.636. The normalized spacial score (nSPS) is 21.4. The summed E-state index contributed by atoms with van der Waals surface area (Å²) in [6.45, 7) is 0. The average molecular weight is 215 g/mol. The fraction of sp³-hybridized carbons (Fsp3) is 0.375. The first-order valence-electron chi connectivity index (χ1n) is 3.98. The molecule has 76 valence electrons. The van der Waals surface area contributed by atoms with Crippen molar-refractivity contribution in [1.82, 2.24) is 5.32 Å². The van der Waals surface area contributed by atoms with E-state index in [1.54, 1.807) is 0 Å². The summed E-state index contributed by atoms with van der Waals surface area (Å²) in [6, 6.07) is -0.467. The fourth-order valence-corrected chi connectivity index (χ4v) is 1.93. The Morgan fingerprint density at radius 3 is 2.71 bits per heavy atom. The third-order valence-corrected chi connectivity index (χ3v) is 2.64. The van der Waals surface area contributed by atoms with Crippen molar-refractivity contribution >= 4 is 28.8 Å². The van der Waals surface area contributed by atoms with Crippen molar-refractivity contribution in [3.8, 4) is 0 Å². The highest BCUT2D eigenvalue weighted by molar-refractivity contribution is 8.14. The van der Waals surface area contributed by atoms with Crippen LogP contribution in [0.4, 0.5) is 0 Å². The van der Waals surface area contributed by atoms with E-state index < -0.39 is 17.9 Å². The molecule has 0 saturated carbocycles. The van der Waals surface area contributed by atoms with Gasteiger partial charge in [0, 0.05) is 17.9 Å². The van der Waals surface area contributed by atoms with Crippen molar-refractivity contribution in [2.75, 3.05) is 5.75 Å². The predicted molar refractivity (Wildman–Crippen MR) is 50.8 cm³/mol. The second kappa shape index (κ2) is 4.80. The lowest BCUT2D eigenvalue weighted by Crippen LogP contribution is -2.36. The molecular weight excluding hydrogens is 206 g/mol. The average Bonchev–Trinajstić information content (AvgIpc) is 2.49. The van der Waals surface area contributed by atoms with Crippen molar-refractivity contribution in [1.29, 1.82) is 0 Å². The van der Waals surface area contributed by atoms with Gasteiger partial charge in [0.25, 0.3) is 0 Å². The largest absolute Gasteiger partial charge is 0.478 e. The number of carbonyl (C=O) groups excluding carboxylic acids is 2. The summed E-state index contributed by atoms with van der Waals surface area (Å²) in [5.74, 6) is -1.03. The molecule has 1 unspecified atom stereocenters. The number of carboxylic acids is 1. The number of thioether (sulfide) groups is 1. The first kappa shape index (κ1) is 10.8. The van der Waals surface area contributed by atoms with E-state index in [0.717, 1.165) is 12.2 Å². The summed E-state index contributed by atoms with van der Waals surface area (Å²) in [6.07, 6.45) is 2.25. The number of hydrogen-bond donors (Lipinski definition) is 2. The van der Waals surface area contributed by atoms with Crippen LogP contribution in [-0.4, -0.2) is 33.9 Å². The molecule has 2 N–H and O–H groups in total. The van der Waals surface area contributed by atoms with Gasteiger partial charge in [0.1, 0.15) is 0 Å². The van der Waals surface area contributed by atoms with Gasteiger partial charge in [-0.25, -0.2) is 4.79 Å². The Hall–Kier alpha value is -1.30. The molecule has 0 radical (unpaired) electrons. The van der Waals surface area contributed by atoms with Crippen LogP contribution in [0, 0.1) is 0 Å². The number of aliphatic carboxylic acids is 1. The van der Waals surface area contributed by atoms with Gasteiger partial charge >= 0.3 is 5.97 Å². The van der Waals surface area contributed by atoms with Gasteiger partial charge in [0.05, 0.1) is 6.04 Å². The lowest BCUT2D eigenvalue weighted by Gasteiger charge is -2.06. The van der Waals surface area contributed by atoms with Crippen LogP contribution >= 0.6 is 11.8 Å². The second-order valence-corrected chi connectivity index (χ2v) is 3.79. The minimum absolute atomic E-state index is 0.0675. The molecule has 6 heteroatoms. The number of carbonyl (C=O) groups is 3. The molecule has 1 fully saturated rings. The van der Waals surface area contributed by atoms with E-state index in [4.69, 9.17) is 5.11 Å². The molecule has 5 nitrogen and oxygen atoms in total. The first-order chi connectivity index (χ1) is 6.59. The lowest BCUT2D eigenvalue weighted by molar-refractivity contribution is -0.131. The molecule has 1 amide bonds. The zero-order chi connectivity index (χ0) is 10.6. The SMILES string of the molecule is O=C(O)/C=C\C(=O)NC1CCSC1=O.